The van der Waals surface area contributed by atoms with Crippen molar-refractivity contribution in [3.63, 3.8) is 0 Å². The molecular formula is C20H27N5O. The van der Waals surface area contributed by atoms with Crippen molar-refractivity contribution >= 4 is 10.9 Å². The van der Waals surface area contributed by atoms with Crippen LogP contribution in [0.3, 0.4) is 0 Å². The van der Waals surface area contributed by atoms with Crippen LogP contribution < -0.4 is 0 Å². The first-order valence-electron chi connectivity index (χ1n) is 9.46. The Morgan fingerprint density at radius 3 is 3.04 bits per heavy atom. The lowest BCUT2D eigenvalue weighted by Crippen LogP contribution is -2.33. The number of likely N-dealkylation sites (tertiary alicyclic amines) is 1. The Morgan fingerprint density at radius 1 is 1.27 bits per heavy atom. The largest absolute Gasteiger partial charge is 0.361 e. The molecule has 0 aliphatic carbocycles. The van der Waals surface area contributed by atoms with Crippen molar-refractivity contribution in [1.82, 2.24) is 24.9 Å². The molecule has 6 nitrogen and oxygen atoms in total. The molecule has 3 aromatic rings. The molecule has 1 atom stereocenters. The van der Waals surface area contributed by atoms with Gasteiger partial charge in [0, 0.05) is 36.6 Å². The van der Waals surface area contributed by atoms with E-state index in [0.717, 1.165) is 32.0 Å². The molecule has 3 heterocycles. The Balaban J connectivity index is 1.36. The highest BCUT2D eigenvalue weighted by atomic mass is 16.5. The molecule has 0 spiro atoms. The molecule has 2 aromatic heterocycles. The summed E-state index contributed by atoms with van der Waals surface area (Å²) in [6.07, 6.45) is 5.65. The van der Waals surface area contributed by atoms with E-state index in [-0.39, 0.29) is 0 Å². The zero-order valence-electron chi connectivity index (χ0n) is 15.6. The highest BCUT2D eigenvalue weighted by Crippen LogP contribution is 2.22. The summed E-state index contributed by atoms with van der Waals surface area (Å²) < 4.78 is 5.09. The number of nitrogens with zero attached hydrogens (tertiary/aromatic N) is 4. The van der Waals surface area contributed by atoms with Crippen LogP contribution in [-0.2, 0) is 13.1 Å². The molecule has 1 N–H and O–H groups in total. The monoisotopic (exact) mass is 353 g/mol. The number of fused-ring (bicyclic) bond motifs is 1. The van der Waals surface area contributed by atoms with Crippen LogP contribution in [0.15, 0.2) is 35.0 Å². The summed E-state index contributed by atoms with van der Waals surface area (Å²) in [6, 6.07) is 9.30. The maximum absolute atomic E-state index is 5.09. The lowest BCUT2D eigenvalue weighted by atomic mass is 10.1. The van der Waals surface area contributed by atoms with Crippen molar-refractivity contribution < 1.29 is 4.52 Å². The molecule has 0 radical (unpaired) electrons. The Labute approximate surface area is 154 Å². The fourth-order valence-corrected chi connectivity index (χ4v) is 4.02. The minimum atomic E-state index is 0.571. The van der Waals surface area contributed by atoms with Gasteiger partial charge in [-0.1, -0.05) is 17.3 Å². The van der Waals surface area contributed by atoms with Crippen molar-refractivity contribution in [3.8, 4) is 0 Å². The van der Waals surface area contributed by atoms with Crippen LogP contribution >= 0.6 is 0 Å². The smallest absolute Gasteiger partial charge is 0.223 e. The van der Waals surface area contributed by atoms with Gasteiger partial charge in [0.05, 0.1) is 6.54 Å². The van der Waals surface area contributed by atoms with E-state index in [0.29, 0.717) is 11.9 Å². The van der Waals surface area contributed by atoms with E-state index in [9.17, 15) is 0 Å². The molecule has 1 fully saturated rings. The number of aryl methyl sites for hydroxylation is 1. The van der Waals surface area contributed by atoms with Crippen LogP contribution in [0.5, 0.6) is 0 Å². The topological polar surface area (TPSA) is 61.2 Å². The molecule has 1 aliphatic heterocycles. The molecular weight excluding hydrogens is 326 g/mol. The minimum Gasteiger partial charge on any atom is -0.361 e. The molecule has 0 bridgehead atoms. The van der Waals surface area contributed by atoms with E-state index in [4.69, 9.17) is 4.52 Å². The zero-order chi connectivity index (χ0) is 17.9. The number of benzene rings is 1. The fourth-order valence-electron chi connectivity index (χ4n) is 4.02. The molecule has 4 rings (SSSR count). The average molecular weight is 353 g/mol. The second-order valence-corrected chi connectivity index (χ2v) is 7.36. The summed E-state index contributed by atoms with van der Waals surface area (Å²) in [5, 5.41) is 5.37. The number of nitrogens with one attached hydrogen (secondary N) is 1. The third kappa shape index (κ3) is 3.81. The van der Waals surface area contributed by atoms with Gasteiger partial charge in [-0.05, 0) is 57.1 Å². The van der Waals surface area contributed by atoms with Gasteiger partial charge in [0.15, 0.2) is 5.82 Å². The lowest BCUT2D eigenvalue weighted by molar-refractivity contribution is 0.200. The number of hydrogen-bond donors (Lipinski definition) is 1. The van der Waals surface area contributed by atoms with Gasteiger partial charge in [0.25, 0.3) is 0 Å². The summed E-state index contributed by atoms with van der Waals surface area (Å²) in [5.41, 5.74) is 2.64. The SMILES string of the molecule is Cc1nc(CN(C)C2CCCN(Cc3cccc4[nH]ccc34)CC2)no1. The Bertz CT molecular complexity index is 855. The van der Waals surface area contributed by atoms with E-state index in [2.05, 4.69) is 56.2 Å². The number of aromatic amines is 1. The summed E-state index contributed by atoms with van der Waals surface area (Å²) in [6.45, 7) is 5.90. The molecule has 1 unspecified atom stereocenters. The zero-order valence-corrected chi connectivity index (χ0v) is 15.6. The average Bonchev–Trinajstić information content (AvgIpc) is 3.20. The Hall–Kier alpha value is -2.18. The quantitative estimate of drug-likeness (QED) is 0.762. The number of hydrogen-bond acceptors (Lipinski definition) is 5. The van der Waals surface area contributed by atoms with Crippen molar-refractivity contribution in [2.75, 3.05) is 20.1 Å². The van der Waals surface area contributed by atoms with Crippen molar-refractivity contribution in [2.24, 2.45) is 0 Å². The highest BCUT2D eigenvalue weighted by molar-refractivity contribution is 5.82. The van der Waals surface area contributed by atoms with Crippen molar-refractivity contribution in [2.45, 2.75) is 45.3 Å². The molecule has 1 aliphatic rings. The van der Waals surface area contributed by atoms with Gasteiger partial charge in [-0.15, -0.1) is 0 Å². The summed E-state index contributed by atoms with van der Waals surface area (Å²) in [4.78, 5) is 12.6. The second-order valence-electron chi connectivity index (χ2n) is 7.36. The van der Waals surface area contributed by atoms with Gasteiger partial charge in [-0.2, -0.15) is 4.98 Å². The molecule has 26 heavy (non-hydrogen) atoms. The van der Waals surface area contributed by atoms with Crippen LogP contribution in [0.1, 0.15) is 36.5 Å². The van der Waals surface area contributed by atoms with Gasteiger partial charge in [-0.25, -0.2) is 0 Å². The first-order valence-corrected chi connectivity index (χ1v) is 9.46. The van der Waals surface area contributed by atoms with E-state index >= 15 is 0 Å². The Morgan fingerprint density at radius 2 is 2.19 bits per heavy atom. The molecule has 6 heteroatoms. The van der Waals surface area contributed by atoms with E-state index in [1.54, 1.807) is 0 Å². The summed E-state index contributed by atoms with van der Waals surface area (Å²) in [5.74, 6) is 1.42. The van der Waals surface area contributed by atoms with Gasteiger partial charge in [0.2, 0.25) is 5.89 Å². The molecule has 0 amide bonds. The standard InChI is InChI=1S/C20H27N5O/c1-15-22-20(23-26-15)14-24(2)17-6-4-11-25(12-9-17)13-16-5-3-7-19-18(16)8-10-21-19/h3,5,7-8,10,17,21H,4,6,9,11-14H2,1-2H3. The minimum absolute atomic E-state index is 0.571. The van der Waals surface area contributed by atoms with Gasteiger partial charge in [-0.3, -0.25) is 9.80 Å². The van der Waals surface area contributed by atoms with Crippen LogP contribution in [0, 0.1) is 6.92 Å². The normalized spacial score (nSPS) is 19.3. The highest BCUT2D eigenvalue weighted by Gasteiger charge is 2.22. The third-order valence-corrected chi connectivity index (χ3v) is 5.45. The van der Waals surface area contributed by atoms with Gasteiger partial charge >= 0.3 is 0 Å². The third-order valence-electron chi connectivity index (χ3n) is 5.45. The lowest BCUT2D eigenvalue weighted by Gasteiger charge is -2.26. The predicted molar refractivity (Wildman–Crippen MR) is 102 cm³/mol. The Kier molecular flexibility index (Phi) is 5.04. The molecule has 138 valence electrons. The first-order chi connectivity index (χ1) is 12.7. The molecule has 0 saturated carbocycles. The first kappa shape index (κ1) is 17.2. The van der Waals surface area contributed by atoms with Crippen molar-refractivity contribution in [3.05, 3.63) is 47.7 Å². The van der Waals surface area contributed by atoms with E-state index < -0.39 is 0 Å². The van der Waals surface area contributed by atoms with E-state index in [1.807, 2.05) is 13.1 Å². The maximum Gasteiger partial charge on any atom is 0.223 e. The maximum atomic E-state index is 5.09. The van der Waals surface area contributed by atoms with Crippen LogP contribution in [0.25, 0.3) is 10.9 Å². The second kappa shape index (κ2) is 7.60. The number of aromatic nitrogens is 3. The number of H-pyrrole nitrogens is 1. The van der Waals surface area contributed by atoms with Crippen LogP contribution in [-0.4, -0.2) is 51.1 Å². The number of rotatable bonds is 5. The van der Waals surface area contributed by atoms with E-state index in [1.165, 1.54) is 35.7 Å². The van der Waals surface area contributed by atoms with Crippen LogP contribution in [0.2, 0.25) is 0 Å². The fraction of sp³-hybridized carbons (Fsp3) is 0.500. The summed E-state index contributed by atoms with van der Waals surface area (Å²) in [7, 11) is 2.17. The van der Waals surface area contributed by atoms with Crippen LogP contribution in [0.4, 0.5) is 0 Å². The van der Waals surface area contributed by atoms with Crippen molar-refractivity contribution in [1.29, 1.82) is 0 Å². The van der Waals surface area contributed by atoms with Gasteiger partial charge < -0.3 is 9.51 Å². The predicted octanol–water partition coefficient (Wildman–Crippen LogP) is 3.35. The molecule has 1 saturated heterocycles. The van der Waals surface area contributed by atoms with Gasteiger partial charge in [0.1, 0.15) is 0 Å². The summed E-state index contributed by atoms with van der Waals surface area (Å²) >= 11 is 0. The molecule has 1 aromatic carbocycles.